The van der Waals surface area contributed by atoms with Crippen molar-refractivity contribution in [1.82, 2.24) is 5.32 Å². The fraction of sp³-hybridized carbons (Fsp3) is 0.273. The fourth-order valence-corrected chi connectivity index (χ4v) is 1.74. The van der Waals surface area contributed by atoms with Gasteiger partial charge in [0, 0.05) is 10.0 Å². The summed E-state index contributed by atoms with van der Waals surface area (Å²) in [6.45, 7) is 1.61. The molecule has 0 saturated heterocycles. The van der Waals surface area contributed by atoms with Gasteiger partial charge < -0.3 is 16.2 Å². The Morgan fingerprint density at radius 2 is 2.18 bits per heavy atom. The Morgan fingerprint density at radius 3 is 2.71 bits per heavy atom. The van der Waals surface area contributed by atoms with E-state index in [4.69, 9.17) is 10.8 Å². The normalized spacial score (nSPS) is 11.9. The van der Waals surface area contributed by atoms with Gasteiger partial charge in [0.05, 0.1) is 6.54 Å². The minimum Gasteiger partial charge on any atom is -0.381 e. The van der Waals surface area contributed by atoms with Gasteiger partial charge >= 0.3 is 0 Å². The van der Waals surface area contributed by atoms with Crippen molar-refractivity contribution < 1.29 is 14.7 Å². The largest absolute Gasteiger partial charge is 0.381 e. The van der Waals surface area contributed by atoms with Crippen molar-refractivity contribution in [2.75, 3.05) is 6.54 Å². The third kappa shape index (κ3) is 3.83. The van der Waals surface area contributed by atoms with Gasteiger partial charge in [-0.05, 0) is 30.7 Å². The van der Waals surface area contributed by atoms with Crippen molar-refractivity contribution in [1.29, 1.82) is 0 Å². The summed E-state index contributed by atoms with van der Waals surface area (Å²) in [5.41, 5.74) is 6.15. The summed E-state index contributed by atoms with van der Waals surface area (Å²) in [5.74, 6) is -1.21. The second-order valence-electron chi connectivity index (χ2n) is 3.59. The summed E-state index contributed by atoms with van der Waals surface area (Å²) >= 11 is 3.29. The average molecular weight is 301 g/mol. The first kappa shape index (κ1) is 13.7. The first-order valence-electron chi connectivity index (χ1n) is 4.93. The molecule has 0 fully saturated rings. The Balaban J connectivity index is 2.67. The SMILES string of the molecule is Cc1cc(Br)ccc1C(=O)NCC(O)C(N)=O. The van der Waals surface area contributed by atoms with Crippen molar-refractivity contribution >= 4 is 27.7 Å². The van der Waals surface area contributed by atoms with Gasteiger partial charge in [-0.25, -0.2) is 0 Å². The summed E-state index contributed by atoms with van der Waals surface area (Å²) in [6.07, 6.45) is -1.37. The zero-order valence-electron chi connectivity index (χ0n) is 9.24. The van der Waals surface area contributed by atoms with E-state index in [-0.39, 0.29) is 12.5 Å². The number of hydrogen-bond donors (Lipinski definition) is 3. The molecule has 1 aromatic rings. The van der Waals surface area contributed by atoms with Crippen LogP contribution in [0.5, 0.6) is 0 Å². The van der Waals surface area contributed by atoms with E-state index in [0.717, 1.165) is 10.0 Å². The van der Waals surface area contributed by atoms with Gasteiger partial charge in [0.2, 0.25) is 5.91 Å². The molecule has 0 aliphatic carbocycles. The van der Waals surface area contributed by atoms with Crippen molar-refractivity contribution in [3.8, 4) is 0 Å². The van der Waals surface area contributed by atoms with Crippen LogP contribution in [0, 0.1) is 6.92 Å². The summed E-state index contributed by atoms with van der Waals surface area (Å²) in [6, 6.07) is 5.21. The second-order valence-corrected chi connectivity index (χ2v) is 4.50. The number of rotatable bonds is 4. The summed E-state index contributed by atoms with van der Waals surface area (Å²) in [5, 5.41) is 11.6. The number of aliphatic hydroxyl groups excluding tert-OH is 1. The Hall–Kier alpha value is -1.40. The first-order chi connectivity index (χ1) is 7.91. The molecule has 5 nitrogen and oxygen atoms in total. The van der Waals surface area contributed by atoms with E-state index in [9.17, 15) is 9.59 Å². The number of aryl methyl sites for hydroxylation is 1. The summed E-state index contributed by atoms with van der Waals surface area (Å²) < 4.78 is 0.878. The average Bonchev–Trinajstić information content (AvgIpc) is 2.25. The molecule has 0 spiro atoms. The minimum absolute atomic E-state index is 0.191. The number of carbonyl (C=O) groups excluding carboxylic acids is 2. The lowest BCUT2D eigenvalue weighted by molar-refractivity contribution is -0.125. The molecule has 0 aromatic heterocycles. The predicted molar refractivity (Wildman–Crippen MR) is 66.4 cm³/mol. The first-order valence-corrected chi connectivity index (χ1v) is 5.73. The van der Waals surface area contributed by atoms with Crippen LogP contribution in [0.15, 0.2) is 22.7 Å². The maximum atomic E-state index is 11.7. The van der Waals surface area contributed by atoms with Gasteiger partial charge in [-0.3, -0.25) is 9.59 Å². The van der Waals surface area contributed by atoms with Crippen LogP contribution in [-0.2, 0) is 4.79 Å². The molecule has 2 amide bonds. The second kappa shape index (κ2) is 5.79. The van der Waals surface area contributed by atoms with E-state index in [0.29, 0.717) is 5.56 Å². The zero-order chi connectivity index (χ0) is 13.0. The lowest BCUT2D eigenvalue weighted by atomic mass is 10.1. The van der Waals surface area contributed by atoms with Gasteiger partial charge in [0.15, 0.2) is 0 Å². The highest BCUT2D eigenvalue weighted by Crippen LogP contribution is 2.15. The highest BCUT2D eigenvalue weighted by atomic mass is 79.9. The number of aliphatic hydroxyl groups is 1. The number of benzene rings is 1. The minimum atomic E-state index is -1.37. The Bertz CT molecular complexity index is 448. The van der Waals surface area contributed by atoms with E-state index in [1.54, 1.807) is 25.1 Å². The molecule has 0 aliphatic heterocycles. The highest BCUT2D eigenvalue weighted by molar-refractivity contribution is 9.10. The van der Waals surface area contributed by atoms with Crippen molar-refractivity contribution in [2.45, 2.75) is 13.0 Å². The molecule has 6 heteroatoms. The van der Waals surface area contributed by atoms with Crippen LogP contribution in [0.4, 0.5) is 0 Å². The number of nitrogens with two attached hydrogens (primary N) is 1. The molecular weight excluding hydrogens is 288 g/mol. The van der Waals surface area contributed by atoms with Gasteiger partial charge in [0.25, 0.3) is 5.91 Å². The molecule has 0 saturated carbocycles. The number of amides is 2. The number of primary amides is 1. The molecule has 17 heavy (non-hydrogen) atoms. The van der Waals surface area contributed by atoms with Gasteiger partial charge in [-0.2, -0.15) is 0 Å². The third-order valence-corrected chi connectivity index (χ3v) is 2.71. The molecule has 1 aromatic carbocycles. The van der Waals surface area contributed by atoms with Gasteiger partial charge in [-0.15, -0.1) is 0 Å². The molecule has 4 N–H and O–H groups in total. The van der Waals surface area contributed by atoms with Crippen LogP contribution in [0.25, 0.3) is 0 Å². The van der Waals surface area contributed by atoms with E-state index in [1.807, 2.05) is 0 Å². The number of nitrogens with one attached hydrogen (secondary N) is 1. The number of hydrogen-bond acceptors (Lipinski definition) is 3. The zero-order valence-corrected chi connectivity index (χ0v) is 10.8. The standard InChI is InChI=1S/C11H13BrN2O3/c1-6-4-7(12)2-3-8(6)11(17)14-5-9(15)10(13)16/h2-4,9,15H,5H2,1H3,(H2,13,16)(H,14,17). The summed E-state index contributed by atoms with van der Waals surface area (Å²) in [4.78, 5) is 22.3. The molecule has 0 aliphatic rings. The maximum Gasteiger partial charge on any atom is 0.251 e. The highest BCUT2D eigenvalue weighted by Gasteiger charge is 2.14. The molecule has 0 radical (unpaired) electrons. The number of carbonyl (C=O) groups is 2. The molecular formula is C11H13BrN2O3. The Labute approximate surface area is 107 Å². The van der Waals surface area contributed by atoms with Crippen LogP contribution in [0.1, 0.15) is 15.9 Å². The van der Waals surface area contributed by atoms with Crippen LogP contribution >= 0.6 is 15.9 Å². The van der Waals surface area contributed by atoms with Crippen molar-refractivity contribution in [2.24, 2.45) is 5.73 Å². The van der Waals surface area contributed by atoms with Crippen molar-refractivity contribution in [3.63, 3.8) is 0 Å². The van der Waals surface area contributed by atoms with Crippen LogP contribution in [0.2, 0.25) is 0 Å². The molecule has 0 bridgehead atoms. The fourth-order valence-electron chi connectivity index (χ4n) is 1.27. The Kier molecular flexibility index (Phi) is 4.65. The van der Waals surface area contributed by atoms with E-state index < -0.39 is 12.0 Å². The molecule has 1 unspecified atom stereocenters. The third-order valence-electron chi connectivity index (χ3n) is 2.22. The lowest BCUT2D eigenvalue weighted by Gasteiger charge is -2.10. The van der Waals surface area contributed by atoms with E-state index in [1.165, 1.54) is 0 Å². The Morgan fingerprint density at radius 1 is 1.53 bits per heavy atom. The molecule has 92 valence electrons. The molecule has 1 atom stereocenters. The topological polar surface area (TPSA) is 92.4 Å². The quantitative estimate of drug-likeness (QED) is 0.748. The lowest BCUT2D eigenvalue weighted by Crippen LogP contribution is -2.40. The molecule has 0 heterocycles. The monoisotopic (exact) mass is 300 g/mol. The maximum absolute atomic E-state index is 11.7. The van der Waals surface area contributed by atoms with Gasteiger partial charge in [-0.1, -0.05) is 15.9 Å². The number of halogens is 1. The smallest absolute Gasteiger partial charge is 0.251 e. The van der Waals surface area contributed by atoms with Crippen LogP contribution in [-0.4, -0.2) is 29.6 Å². The van der Waals surface area contributed by atoms with Crippen molar-refractivity contribution in [3.05, 3.63) is 33.8 Å². The van der Waals surface area contributed by atoms with Crippen LogP contribution < -0.4 is 11.1 Å². The van der Waals surface area contributed by atoms with E-state index in [2.05, 4.69) is 21.2 Å². The van der Waals surface area contributed by atoms with E-state index >= 15 is 0 Å². The van der Waals surface area contributed by atoms with Crippen LogP contribution in [0.3, 0.4) is 0 Å². The molecule has 1 rings (SSSR count). The predicted octanol–water partition coefficient (Wildman–Crippen LogP) is 0.334. The summed E-state index contributed by atoms with van der Waals surface area (Å²) in [7, 11) is 0. The van der Waals surface area contributed by atoms with Gasteiger partial charge in [0.1, 0.15) is 6.10 Å².